The lowest BCUT2D eigenvalue weighted by Crippen LogP contribution is -2.55. The van der Waals surface area contributed by atoms with Gasteiger partial charge in [-0.25, -0.2) is 0 Å². The fourth-order valence-corrected chi connectivity index (χ4v) is 6.26. The van der Waals surface area contributed by atoms with Crippen LogP contribution in [0.3, 0.4) is 0 Å². The van der Waals surface area contributed by atoms with Gasteiger partial charge in [0.05, 0.1) is 12.0 Å². The predicted octanol–water partition coefficient (Wildman–Crippen LogP) is 5.25. The number of amides is 2. The van der Waals surface area contributed by atoms with Crippen LogP contribution in [0, 0.1) is 0 Å². The van der Waals surface area contributed by atoms with Crippen molar-refractivity contribution in [1.29, 1.82) is 0 Å². The number of thiophene rings is 1. The molecule has 0 bridgehead atoms. The molecule has 0 radical (unpaired) electrons. The van der Waals surface area contributed by atoms with Crippen LogP contribution < -0.4 is 4.74 Å². The maximum Gasteiger partial charge on any atom is 0.254 e. The number of hydrogen-bond donors (Lipinski definition) is 0. The second-order valence-corrected chi connectivity index (χ2v) is 11.3. The molecule has 8 nitrogen and oxygen atoms in total. The minimum absolute atomic E-state index is 0.0157. The van der Waals surface area contributed by atoms with Gasteiger partial charge in [0.15, 0.2) is 11.0 Å². The quantitative estimate of drug-likeness (QED) is 0.205. The molecule has 1 aliphatic rings. The van der Waals surface area contributed by atoms with E-state index in [2.05, 4.69) is 14.8 Å². The maximum absolute atomic E-state index is 13.0. The highest BCUT2D eigenvalue weighted by Crippen LogP contribution is 2.30. The van der Waals surface area contributed by atoms with Crippen molar-refractivity contribution in [3.63, 3.8) is 0 Å². The van der Waals surface area contributed by atoms with Crippen LogP contribution in [0.15, 0.2) is 77.3 Å². The van der Waals surface area contributed by atoms with Crippen LogP contribution in [0.25, 0.3) is 16.4 Å². The number of carbonyl (C=O) groups excluding carboxylic acids is 2. The Hall–Kier alpha value is -3.63. The third kappa shape index (κ3) is 6.17. The monoisotopic (exact) mass is 561 g/mol. The molecule has 4 aromatic rings. The molecule has 5 rings (SSSR count). The van der Waals surface area contributed by atoms with E-state index in [1.807, 2.05) is 64.6 Å². The third-order valence-corrected chi connectivity index (χ3v) is 8.61. The number of thioether (sulfide) groups is 1. The van der Waals surface area contributed by atoms with Gasteiger partial charge in [0, 0.05) is 49.1 Å². The first-order chi connectivity index (χ1) is 19.0. The van der Waals surface area contributed by atoms with Crippen LogP contribution in [-0.2, 0) is 4.79 Å². The van der Waals surface area contributed by atoms with Crippen LogP contribution in [0.1, 0.15) is 30.1 Å². The Labute approximate surface area is 236 Å². The number of hydrogen-bond acceptors (Lipinski definition) is 7. The molecule has 2 amide bonds. The molecule has 1 fully saturated rings. The van der Waals surface area contributed by atoms with Crippen molar-refractivity contribution in [2.45, 2.75) is 31.0 Å². The van der Waals surface area contributed by atoms with E-state index in [4.69, 9.17) is 4.74 Å². The molecule has 2 aromatic heterocycles. The van der Waals surface area contributed by atoms with E-state index >= 15 is 0 Å². The zero-order valence-electron chi connectivity index (χ0n) is 22.0. The number of para-hydroxylation sites is 1. The van der Waals surface area contributed by atoms with Crippen molar-refractivity contribution in [3.8, 4) is 22.1 Å². The topological polar surface area (TPSA) is 80.6 Å². The molecule has 0 aliphatic carbocycles. The second-order valence-electron chi connectivity index (χ2n) is 9.32. The number of rotatable bonds is 9. The molecular formula is C29H31N5O3S2. The molecule has 2 aromatic carbocycles. The summed E-state index contributed by atoms with van der Waals surface area (Å²) in [6.45, 7) is 3.61. The van der Waals surface area contributed by atoms with Crippen LogP contribution in [0.4, 0.5) is 0 Å². The van der Waals surface area contributed by atoms with Crippen molar-refractivity contribution < 1.29 is 14.3 Å². The Morgan fingerprint density at radius 3 is 2.51 bits per heavy atom. The Kier molecular flexibility index (Phi) is 8.63. The summed E-state index contributed by atoms with van der Waals surface area (Å²) in [6.07, 6.45) is 1.20. The number of ether oxygens (including phenoxy) is 1. The Bertz CT molecular complexity index is 1390. The Morgan fingerprint density at radius 1 is 1.03 bits per heavy atom. The second kappa shape index (κ2) is 12.5. The standard InChI is InChI=1S/C29H31N5O3S2/c1-21-20-32(16-17-33(21)28(36)22-12-14-24(37-2)15-13-22)26(35)11-7-19-39-29-31-30-27(25-10-6-18-38-25)34(29)23-8-4-3-5-9-23/h3-6,8-10,12-15,18,21H,7,11,16-17,19-20H2,1-2H3. The summed E-state index contributed by atoms with van der Waals surface area (Å²) < 4.78 is 7.27. The Balaban J connectivity index is 1.14. The molecule has 3 heterocycles. The van der Waals surface area contributed by atoms with Gasteiger partial charge in [0.1, 0.15) is 5.75 Å². The lowest BCUT2D eigenvalue weighted by molar-refractivity contribution is -0.133. The van der Waals surface area contributed by atoms with Gasteiger partial charge in [-0.05, 0) is 61.2 Å². The van der Waals surface area contributed by atoms with Crippen LogP contribution in [0.2, 0.25) is 0 Å². The molecule has 1 unspecified atom stereocenters. The van der Waals surface area contributed by atoms with Crippen molar-refractivity contribution in [1.82, 2.24) is 24.6 Å². The smallest absolute Gasteiger partial charge is 0.254 e. The van der Waals surface area contributed by atoms with Crippen LogP contribution >= 0.6 is 23.1 Å². The zero-order chi connectivity index (χ0) is 27.2. The van der Waals surface area contributed by atoms with Crippen molar-refractivity contribution >= 4 is 34.9 Å². The summed E-state index contributed by atoms with van der Waals surface area (Å²) in [5.74, 6) is 2.41. The van der Waals surface area contributed by atoms with Gasteiger partial charge in [-0.2, -0.15) is 0 Å². The summed E-state index contributed by atoms with van der Waals surface area (Å²) in [4.78, 5) is 30.8. The zero-order valence-corrected chi connectivity index (χ0v) is 23.7. The van der Waals surface area contributed by atoms with Gasteiger partial charge < -0.3 is 14.5 Å². The Morgan fingerprint density at radius 2 is 1.82 bits per heavy atom. The summed E-state index contributed by atoms with van der Waals surface area (Å²) in [5, 5.41) is 11.8. The highest BCUT2D eigenvalue weighted by Gasteiger charge is 2.30. The lowest BCUT2D eigenvalue weighted by Gasteiger charge is -2.40. The number of nitrogens with zero attached hydrogens (tertiary/aromatic N) is 5. The highest BCUT2D eigenvalue weighted by atomic mass is 32.2. The van der Waals surface area contributed by atoms with Crippen molar-refractivity contribution in [2.75, 3.05) is 32.5 Å². The molecule has 1 atom stereocenters. The number of piperazine rings is 1. The SMILES string of the molecule is COc1ccc(C(=O)N2CCN(C(=O)CCCSc3nnc(-c4cccs4)n3-c3ccccc3)CC2C)cc1. The number of aromatic nitrogens is 3. The van der Waals surface area contributed by atoms with Gasteiger partial charge in [0.25, 0.3) is 5.91 Å². The summed E-state index contributed by atoms with van der Waals surface area (Å²) >= 11 is 3.25. The van der Waals surface area contributed by atoms with E-state index < -0.39 is 0 Å². The predicted molar refractivity (Wildman–Crippen MR) is 155 cm³/mol. The summed E-state index contributed by atoms with van der Waals surface area (Å²) in [7, 11) is 1.60. The molecule has 202 valence electrons. The van der Waals surface area contributed by atoms with E-state index in [0.29, 0.717) is 31.6 Å². The average molecular weight is 562 g/mol. The van der Waals surface area contributed by atoms with Crippen molar-refractivity contribution in [2.24, 2.45) is 0 Å². The van der Waals surface area contributed by atoms with E-state index in [1.54, 1.807) is 54.5 Å². The largest absolute Gasteiger partial charge is 0.497 e. The van der Waals surface area contributed by atoms with E-state index in [1.165, 1.54) is 0 Å². The number of methoxy groups -OCH3 is 1. The fourth-order valence-electron chi connectivity index (χ4n) is 4.67. The van der Waals surface area contributed by atoms with Gasteiger partial charge in [-0.3, -0.25) is 14.2 Å². The van der Waals surface area contributed by atoms with Crippen molar-refractivity contribution in [3.05, 3.63) is 77.7 Å². The molecule has 10 heteroatoms. The van der Waals surface area contributed by atoms with Gasteiger partial charge in [0.2, 0.25) is 5.91 Å². The summed E-state index contributed by atoms with van der Waals surface area (Å²) in [6, 6.07) is 21.3. The number of carbonyl (C=O) groups is 2. The van der Waals surface area contributed by atoms with Crippen LogP contribution in [0.5, 0.6) is 5.75 Å². The van der Waals surface area contributed by atoms with Gasteiger partial charge in [-0.1, -0.05) is 36.0 Å². The lowest BCUT2D eigenvalue weighted by atomic mass is 10.1. The van der Waals surface area contributed by atoms with Gasteiger partial charge in [-0.15, -0.1) is 21.5 Å². The molecule has 0 saturated carbocycles. The van der Waals surface area contributed by atoms with Gasteiger partial charge >= 0.3 is 0 Å². The molecule has 39 heavy (non-hydrogen) atoms. The highest BCUT2D eigenvalue weighted by molar-refractivity contribution is 7.99. The van der Waals surface area contributed by atoms with Crippen LogP contribution in [-0.4, -0.2) is 74.9 Å². The van der Waals surface area contributed by atoms with E-state index in [9.17, 15) is 9.59 Å². The minimum Gasteiger partial charge on any atom is -0.497 e. The molecular weight excluding hydrogens is 530 g/mol. The molecule has 0 N–H and O–H groups in total. The molecule has 1 saturated heterocycles. The maximum atomic E-state index is 13.0. The average Bonchev–Trinajstić information content (AvgIpc) is 3.65. The first-order valence-corrected chi connectivity index (χ1v) is 14.8. The fraction of sp³-hybridized carbons (Fsp3) is 0.310. The molecule has 0 spiro atoms. The van der Waals surface area contributed by atoms with E-state index in [0.717, 1.165) is 39.5 Å². The number of benzene rings is 2. The third-order valence-electron chi connectivity index (χ3n) is 6.73. The normalized spacial score (nSPS) is 15.4. The minimum atomic E-state index is -0.0493. The first kappa shape index (κ1) is 27.0. The summed E-state index contributed by atoms with van der Waals surface area (Å²) in [5.41, 5.74) is 1.64. The first-order valence-electron chi connectivity index (χ1n) is 13.0. The van der Waals surface area contributed by atoms with E-state index in [-0.39, 0.29) is 17.9 Å². The molecule has 1 aliphatic heterocycles.